The summed E-state index contributed by atoms with van der Waals surface area (Å²) in [6, 6.07) is 25.2. The van der Waals surface area contributed by atoms with Crippen molar-refractivity contribution in [3.63, 3.8) is 0 Å². The molecule has 26 heteroatoms. The van der Waals surface area contributed by atoms with Gasteiger partial charge in [-0.1, -0.05) is 36.4 Å². The molecule has 2 atom stereocenters. The lowest BCUT2D eigenvalue weighted by Gasteiger charge is -2.32. The quantitative estimate of drug-likeness (QED) is 0.0542. The van der Waals surface area contributed by atoms with Gasteiger partial charge in [-0.2, -0.15) is 36.5 Å². The highest BCUT2D eigenvalue weighted by Gasteiger charge is 2.41. The lowest BCUT2D eigenvalue weighted by atomic mass is 10.1. The third-order valence-electron chi connectivity index (χ3n) is 13.1. The van der Waals surface area contributed by atoms with E-state index in [0.29, 0.717) is 35.7 Å². The van der Waals surface area contributed by atoms with Crippen LogP contribution in [0.5, 0.6) is 11.5 Å². The number of hydrogen-bond acceptors (Lipinski definition) is 13. The van der Waals surface area contributed by atoms with Crippen molar-refractivity contribution in [2.45, 2.75) is 116 Å². The number of nitrogens with zero attached hydrogens (tertiary/aromatic N) is 8. The minimum atomic E-state index is -4.62. The Balaban J connectivity index is 0.000000244. The van der Waals surface area contributed by atoms with E-state index in [0.717, 1.165) is 42.4 Å². The van der Waals surface area contributed by atoms with E-state index in [-0.39, 0.29) is 55.5 Å². The fourth-order valence-corrected chi connectivity index (χ4v) is 9.11. The molecule has 6 aromatic rings. The average Bonchev–Trinajstić information content (AvgIpc) is 2.56. The van der Waals surface area contributed by atoms with Crippen molar-refractivity contribution in [3.05, 3.63) is 143 Å². The number of carbonyl (C=O) groups excluding carboxylic acids is 5. The molecule has 8 rings (SSSR count). The van der Waals surface area contributed by atoms with Crippen LogP contribution in [0.25, 0.3) is 11.4 Å². The van der Waals surface area contributed by atoms with E-state index in [1.807, 2.05) is 0 Å². The summed E-state index contributed by atoms with van der Waals surface area (Å²) in [5.41, 5.74) is -0.236. The van der Waals surface area contributed by atoms with Crippen LogP contribution in [0.2, 0.25) is 0 Å². The topological polar surface area (TPSA) is 217 Å². The van der Waals surface area contributed by atoms with Crippen LogP contribution < -0.4 is 19.3 Å². The Bertz CT molecular complexity index is 3390. The summed E-state index contributed by atoms with van der Waals surface area (Å²) in [5.74, 6) is -2.25. The molecule has 20 nitrogen and oxygen atoms in total. The summed E-state index contributed by atoms with van der Waals surface area (Å²) < 4.78 is 111. The predicted octanol–water partition coefficient (Wildman–Crippen LogP) is 10.2. The normalized spacial score (nSPS) is 13.8. The number of hydrogen-bond donors (Lipinski definition) is 1. The fraction of sp³-hybridized carbons (Fsp3) is 0.390. The summed E-state index contributed by atoms with van der Waals surface area (Å²) in [6.07, 6.45) is -10.9. The maximum atomic E-state index is 13.7. The number of rotatable bonds is 16. The van der Waals surface area contributed by atoms with Gasteiger partial charge in [0.05, 0.1) is 31.3 Å². The van der Waals surface area contributed by atoms with E-state index in [1.165, 1.54) is 55.3 Å². The van der Waals surface area contributed by atoms with Crippen LogP contribution in [0.3, 0.4) is 0 Å². The van der Waals surface area contributed by atoms with E-state index in [1.54, 1.807) is 114 Å². The number of anilines is 2. The molecule has 4 heterocycles. The lowest BCUT2D eigenvalue weighted by Crippen LogP contribution is -2.51. The molecular weight excluding hydrogens is 1130 g/mol. The van der Waals surface area contributed by atoms with Crippen molar-refractivity contribution in [2.24, 2.45) is 0 Å². The van der Waals surface area contributed by atoms with Crippen LogP contribution in [0, 0.1) is 0 Å². The van der Waals surface area contributed by atoms with Crippen molar-refractivity contribution in [3.8, 4) is 22.9 Å². The number of carboxylic acid groups (broad SMARTS) is 1. The molecule has 454 valence electrons. The third kappa shape index (κ3) is 16.2. The summed E-state index contributed by atoms with van der Waals surface area (Å²) in [4.78, 5) is 81.0. The van der Waals surface area contributed by atoms with Gasteiger partial charge in [-0.25, -0.2) is 19.0 Å². The van der Waals surface area contributed by atoms with Crippen LogP contribution >= 0.6 is 0 Å². The Labute approximate surface area is 485 Å². The average molecular weight is 1190 g/mol. The first-order valence-electron chi connectivity index (χ1n) is 26.6. The van der Waals surface area contributed by atoms with Crippen LogP contribution in [0.15, 0.2) is 109 Å². The van der Waals surface area contributed by atoms with E-state index in [2.05, 4.69) is 10.2 Å². The summed E-state index contributed by atoms with van der Waals surface area (Å²) in [7, 11) is 3.90. The predicted molar refractivity (Wildman–Crippen MR) is 295 cm³/mol. The number of halogens is 6. The number of fused-ring (bicyclic) bond motifs is 2. The highest BCUT2D eigenvalue weighted by Crippen LogP contribution is 2.37. The molecule has 0 bridgehead atoms. The van der Waals surface area contributed by atoms with Gasteiger partial charge in [0, 0.05) is 38.6 Å². The molecular formula is C59H64F6N8O12. The van der Waals surface area contributed by atoms with Crippen molar-refractivity contribution in [1.29, 1.82) is 0 Å². The second kappa shape index (κ2) is 25.8. The second-order valence-electron chi connectivity index (χ2n) is 21.8. The van der Waals surface area contributed by atoms with Gasteiger partial charge in [-0.3, -0.25) is 29.0 Å². The SMILES string of the molecule is CN(C(=O)OC(C)(C)C)[C@H](CC(=O)O)C(=O)N1CCc2cc(OCc3cc(C(F)(F)F)n(-c4ccccc4)n3)ccc21.COC(=O)C[C@H](C(=O)N1CCc2cc(OCc3cc(C(F)(F)F)n(-c4ccccc4)n3)ccc21)N(C)C(=O)OC(C)(C)C. The van der Waals surface area contributed by atoms with Crippen LogP contribution in [-0.4, -0.2) is 128 Å². The number of esters is 1. The number of carbonyl (C=O) groups is 6. The molecule has 0 radical (unpaired) electrons. The van der Waals surface area contributed by atoms with Crippen LogP contribution in [-0.2, 0) is 71.8 Å². The molecule has 2 aliphatic heterocycles. The van der Waals surface area contributed by atoms with Crippen molar-refractivity contribution in [1.82, 2.24) is 29.4 Å². The van der Waals surface area contributed by atoms with Gasteiger partial charge in [0.2, 0.25) is 0 Å². The molecule has 85 heavy (non-hydrogen) atoms. The molecule has 0 aliphatic carbocycles. The molecule has 0 saturated carbocycles. The van der Waals surface area contributed by atoms with Crippen molar-refractivity contribution in [2.75, 3.05) is 44.1 Å². The molecule has 4 aromatic carbocycles. The number of amides is 4. The molecule has 0 unspecified atom stereocenters. The van der Waals surface area contributed by atoms with Crippen molar-refractivity contribution >= 4 is 47.3 Å². The largest absolute Gasteiger partial charge is 0.487 e. The maximum absolute atomic E-state index is 13.7. The van der Waals surface area contributed by atoms with Gasteiger partial charge < -0.3 is 38.6 Å². The first-order valence-corrected chi connectivity index (χ1v) is 26.6. The zero-order chi connectivity index (χ0) is 62.3. The summed E-state index contributed by atoms with van der Waals surface area (Å²) in [5, 5.41) is 17.6. The van der Waals surface area contributed by atoms with Gasteiger partial charge in [0.1, 0.15) is 70.8 Å². The molecule has 2 aliphatic rings. The second-order valence-corrected chi connectivity index (χ2v) is 21.8. The molecule has 4 amide bonds. The highest BCUT2D eigenvalue weighted by atomic mass is 19.4. The number of likely N-dealkylation sites (N-methyl/N-ethyl adjacent to an activating group) is 2. The minimum Gasteiger partial charge on any atom is -0.487 e. The molecule has 2 aromatic heterocycles. The third-order valence-corrected chi connectivity index (χ3v) is 13.1. The Kier molecular flexibility index (Phi) is 19.3. The zero-order valence-corrected chi connectivity index (χ0v) is 48.0. The van der Waals surface area contributed by atoms with E-state index >= 15 is 0 Å². The molecule has 0 spiro atoms. The van der Waals surface area contributed by atoms with Gasteiger partial charge >= 0.3 is 36.5 Å². The number of carboxylic acids is 1. The number of benzene rings is 4. The Hall–Kier alpha value is -9.10. The number of aliphatic carboxylic acids is 1. The van der Waals surface area contributed by atoms with Gasteiger partial charge in [-0.05, 0) is 138 Å². The Morgan fingerprint density at radius 3 is 1.28 bits per heavy atom. The number of aromatic nitrogens is 4. The maximum Gasteiger partial charge on any atom is 0.433 e. The Morgan fingerprint density at radius 2 is 0.941 bits per heavy atom. The van der Waals surface area contributed by atoms with Crippen molar-refractivity contribution < 1.29 is 83.9 Å². The molecule has 0 saturated heterocycles. The van der Waals surface area contributed by atoms with E-state index in [4.69, 9.17) is 23.7 Å². The number of methoxy groups -OCH3 is 1. The smallest absolute Gasteiger partial charge is 0.433 e. The molecule has 1 N–H and O–H groups in total. The van der Waals surface area contributed by atoms with Crippen LogP contribution in [0.4, 0.5) is 47.3 Å². The Morgan fingerprint density at radius 1 is 0.565 bits per heavy atom. The van der Waals surface area contributed by atoms with E-state index in [9.17, 15) is 60.2 Å². The summed E-state index contributed by atoms with van der Waals surface area (Å²) >= 11 is 0. The van der Waals surface area contributed by atoms with Gasteiger partial charge in [0.25, 0.3) is 11.8 Å². The lowest BCUT2D eigenvalue weighted by molar-refractivity contribution is -0.144. The van der Waals surface area contributed by atoms with Crippen LogP contribution in [0.1, 0.15) is 88.3 Å². The first-order chi connectivity index (χ1) is 39.8. The first kappa shape index (κ1) is 63.5. The number of para-hydroxylation sites is 2. The zero-order valence-electron chi connectivity index (χ0n) is 48.0. The highest BCUT2D eigenvalue weighted by molar-refractivity contribution is 6.03. The monoisotopic (exact) mass is 1190 g/mol. The van der Waals surface area contributed by atoms with Gasteiger partial charge in [0.15, 0.2) is 0 Å². The van der Waals surface area contributed by atoms with E-state index < -0.39 is 89.4 Å². The minimum absolute atomic E-state index is 0.0742. The number of alkyl halides is 6. The fourth-order valence-electron chi connectivity index (χ4n) is 9.11. The standard InChI is InChI=1S/C30H33F3N4O6.C29H31F3N4O6/c1-29(2,3)43-28(40)35(4)24(17-26(38)41-5)27(39)36-14-13-19-15-22(11-12-23(19)36)42-18-20-16-25(30(31,32)33)37(34-20)21-9-7-6-8-10-21;1-28(2,3)42-27(40)34(4)23(16-25(37)38)26(39)35-13-12-18-14-21(10-11-22(18)35)41-17-19-15-24(29(30,31)32)36(33-19)20-8-6-5-7-9-20/h6-12,15-16,24H,13-14,17-18H2,1-5H3;5-11,14-15,23H,12-13,16-17H2,1-4H3,(H,37,38)/t24-;23-/m11/s1. The molecule has 0 fully saturated rings. The number of ether oxygens (including phenoxy) is 5. The summed E-state index contributed by atoms with van der Waals surface area (Å²) in [6.45, 7) is 10.1. The van der Waals surface area contributed by atoms with Gasteiger partial charge in [-0.15, -0.1) is 0 Å².